The molecule has 1 atom stereocenters. The molecule has 0 saturated carbocycles. The maximum absolute atomic E-state index is 13.2. The van der Waals surface area contributed by atoms with Crippen molar-refractivity contribution >= 4 is 27.9 Å². The second-order valence-corrected chi connectivity index (χ2v) is 4.88. The molecule has 0 saturated heterocycles. The first-order valence-electron chi connectivity index (χ1n) is 5.52. The zero-order valence-electron chi connectivity index (χ0n) is 9.85. The summed E-state index contributed by atoms with van der Waals surface area (Å²) >= 11 is 3.22. The highest BCUT2D eigenvalue weighted by atomic mass is 79.9. The fourth-order valence-corrected chi connectivity index (χ4v) is 1.81. The molecule has 0 amide bonds. The predicted octanol–water partition coefficient (Wildman–Crippen LogP) is 3.84. The molecule has 98 valence electrons. The number of aldehydes is 1. The maximum atomic E-state index is 13.2. The summed E-state index contributed by atoms with van der Waals surface area (Å²) in [6.45, 7) is 0. The van der Waals surface area contributed by atoms with Gasteiger partial charge >= 0.3 is 0 Å². The van der Waals surface area contributed by atoms with Crippen molar-refractivity contribution in [1.29, 1.82) is 0 Å². The molecule has 0 heterocycles. The van der Waals surface area contributed by atoms with Gasteiger partial charge in [-0.05, 0) is 29.8 Å². The number of benzene rings is 2. The van der Waals surface area contributed by atoms with Gasteiger partial charge in [0.2, 0.25) is 0 Å². The number of nitrogens with two attached hydrogens (primary N) is 1. The molecule has 2 aromatic rings. The quantitative estimate of drug-likeness (QED) is 0.528. The summed E-state index contributed by atoms with van der Waals surface area (Å²) in [4.78, 5) is 10.3. The fraction of sp³-hybridized carbons (Fsp3) is 0.0714. The second kappa shape index (κ2) is 5.84. The van der Waals surface area contributed by atoms with Crippen LogP contribution in [0.2, 0.25) is 0 Å². The number of hydrogen-bond donors (Lipinski definition) is 1. The van der Waals surface area contributed by atoms with Crippen LogP contribution < -0.4 is 10.5 Å². The minimum atomic E-state index is -0.518. The fourth-order valence-electron chi connectivity index (χ4n) is 1.51. The average molecular weight is 324 g/mol. The molecular weight excluding hydrogens is 313 g/mol. The van der Waals surface area contributed by atoms with Crippen molar-refractivity contribution in [3.05, 3.63) is 53.8 Å². The molecule has 19 heavy (non-hydrogen) atoms. The molecule has 3 nitrogen and oxygen atoms in total. The Balaban J connectivity index is 2.15. The van der Waals surface area contributed by atoms with E-state index in [9.17, 15) is 9.18 Å². The van der Waals surface area contributed by atoms with Gasteiger partial charge in [-0.1, -0.05) is 28.1 Å². The number of nitrogen functional groups attached to an aromatic ring is 1. The second-order valence-electron chi connectivity index (χ2n) is 3.89. The lowest BCUT2D eigenvalue weighted by molar-refractivity contribution is -0.107. The number of rotatable bonds is 4. The Bertz CT molecular complexity index is 586. The Morgan fingerprint density at radius 1 is 1.16 bits per heavy atom. The van der Waals surface area contributed by atoms with E-state index in [1.807, 2.05) is 0 Å². The van der Waals surface area contributed by atoms with Crippen LogP contribution >= 0.6 is 15.9 Å². The van der Waals surface area contributed by atoms with Gasteiger partial charge in [0.25, 0.3) is 0 Å². The van der Waals surface area contributed by atoms with E-state index in [1.165, 1.54) is 12.1 Å². The highest BCUT2D eigenvalue weighted by Gasteiger charge is 2.06. The van der Waals surface area contributed by atoms with Crippen molar-refractivity contribution in [2.24, 2.45) is 0 Å². The third kappa shape index (κ3) is 3.32. The first-order chi connectivity index (χ1) is 9.10. The van der Waals surface area contributed by atoms with Gasteiger partial charge in [-0.15, -0.1) is 0 Å². The molecule has 2 rings (SSSR count). The van der Waals surface area contributed by atoms with Crippen LogP contribution in [0, 0.1) is 5.82 Å². The van der Waals surface area contributed by atoms with E-state index in [-0.39, 0.29) is 10.5 Å². The van der Waals surface area contributed by atoms with Crippen LogP contribution in [-0.4, -0.2) is 6.29 Å². The van der Waals surface area contributed by atoms with Crippen molar-refractivity contribution in [2.75, 3.05) is 5.73 Å². The molecule has 1 unspecified atom stereocenters. The van der Waals surface area contributed by atoms with E-state index in [1.54, 1.807) is 30.3 Å². The predicted molar refractivity (Wildman–Crippen MR) is 75.1 cm³/mol. The minimum absolute atomic E-state index is 0.0795. The largest absolute Gasteiger partial charge is 0.457 e. The van der Waals surface area contributed by atoms with Crippen LogP contribution in [-0.2, 0) is 4.79 Å². The third-order valence-electron chi connectivity index (χ3n) is 2.53. The topological polar surface area (TPSA) is 52.3 Å². The lowest BCUT2D eigenvalue weighted by Crippen LogP contribution is -1.93. The van der Waals surface area contributed by atoms with Crippen molar-refractivity contribution < 1.29 is 13.9 Å². The zero-order valence-corrected chi connectivity index (χ0v) is 11.4. The number of anilines is 1. The number of ether oxygens (including phenoxy) is 1. The molecule has 5 heteroatoms. The molecule has 0 fully saturated rings. The first kappa shape index (κ1) is 13.5. The van der Waals surface area contributed by atoms with Gasteiger partial charge in [-0.2, -0.15) is 0 Å². The van der Waals surface area contributed by atoms with E-state index in [0.29, 0.717) is 11.5 Å². The van der Waals surface area contributed by atoms with Gasteiger partial charge in [0, 0.05) is 6.07 Å². The van der Waals surface area contributed by atoms with Crippen LogP contribution in [0.3, 0.4) is 0 Å². The molecule has 0 aliphatic heterocycles. The van der Waals surface area contributed by atoms with E-state index < -0.39 is 5.82 Å². The van der Waals surface area contributed by atoms with Crippen LogP contribution in [0.25, 0.3) is 0 Å². The van der Waals surface area contributed by atoms with Crippen LogP contribution in [0.4, 0.5) is 10.1 Å². The van der Waals surface area contributed by atoms with E-state index in [4.69, 9.17) is 10.5 Å². The molecular formula is C14H11BrFNO2. The van der Waals surface area contributed by atoms with Gasteiger partial charge in [0.1, 0.15) is 23.6 Å². The standard InChI is InChI=1S/C14H11BrFNO2/c15-12(8-18)9-1-3-10(4-2-9)19-11-5-6-14(17)13(16)7-11/h1-8,12H,17H2. The number of hydrogen-bond acceptors (Lipinski definition) is 3. The Morgan fingerprint density at radius 2 is 1.79 bits per heavy atom. The molecule has 2 aromatic carbocycles. The molecule has 0 aromatic heterocycles. The molecule has 0 bridgehead atoms. The Labute approximate surface area is 118 Å². The van der Waals surface area contributed by atoms with Crippen molar-refractivity contribution in [3.8, 4) is 11.5 Å². The van der Waals surface area contributed by atoms with Crippen molar-refractivity contribution in [3.63, 3.8) is 0 Å². The Morgan fingerprint density at radius 3 is 2.37 bits per heavy atom. The summed E-state index contributed by atoms with van der Waals surface area (Å²) in [7, 11) is 0. The number of alkyl halides is 1. The molecule has 0 radical (unpaired) electrons. The normalized spacial score (nSPS) is 11.9. The van der Waals surface area contributed by atoms with Gasteiger partial charge in [0.05, 0.1) is 10.5 Å². The summed E-state index contributed by atoms with van der Waals surface area (Å²) in [5, 5.41) is 0. The van der Waals surface area contributed by atoms with Crippen LogP contribution in [0.15, 0.2) is 42.5 Å². The van der Waals surface area contributed by atoms with Gasteiger partial charge in [-0.3, -0.25) is 0 Å². The van der Waals surface area contributed by atoms with E-state index >= 15 is 0 Å². The minimum Gasteiger partial charge on any atom is -0.457 e. The smallest absolute Gasteiger partial charge is 0.149 e. The van der Waals surface area contributed by atoms with E-state index in [0.717, 1.165) is 11.8 Å². The van der Waals surface area contributed by atoms with Gasteiger partial charge in [-0.25, -0.2) is 4.39 Å². The SMILES string of the molecule is Nc1ccc(Oc2ccc(C(Br)C=O)cc2)cc1F. The highest BCUT2D eigenvalue weighted by molar-refractivity contribution is 9.09. The van der Waals surface area contributed by atoms with Gasteiger partial charge in [0.15, 0.2) is 0 Å². The number of carbonyl (C=O) groups excluding carboxylic acids is 1. The zero-order chi connectivity index (χ0) is 13.8. The Hall–Kier alpha value is -1.88. The average Bonchev–Trinajstić information content (AvgIpc) is 2.43. The van der Waals surface area contributed by atoms with E-state index in [2.05, 4.69) is 15.9 Å². The molecule has 0 aliphatic rings. The van der Waals surface area contributed by atoms with Crippen molar-refractivity contribution in [1.82, 2.24) is 0 Å². The monoisotopic (exact) mass is 323 g/mol. The Kier molecular flexibility index (Phi) is 4.16. The number of halogens is 2. The maximum Gasteiger partial charge on any atom is 0.149 e. The van der Waals surface area contributed by atoms with Crippen LogP contribution in [0.1, 0.15) is 10.4 Å². The molecule has 2 N–H and O–H groups in total. The number of carbonyl (C=O) groups is 1. The summed E-state index contributed by atoms with van der Waals surface area (Å²) in [5.74, 6) is 0.402. The van der Waals surface area contributed by atoms with Gasteiger partial charge < -0.3 is 15.3 Å². The molecule has 0 spiro atoms. The van der Waals surface area contributed by atoms with Crippen molar-refractivity contribution in [2.45, 2.75) is 4.83 Å². The van der Waals surface area contributed by atoms with Crippen LogP contribution in [0.5, 0.6) is 11.5 Å². The summed E-state index contributed by atoms with van der Waals surface area (Å²) in [6.07, 6.45) is 0.797. The lowest BCUT2D eigenvalue weighted by Gasteiger charge is -2.08. The summed E-state index contributed by atoms with van der Waals surface area (Å²) < 4.78 is 18.7. The summed E-state index contributed by atoms with van der Waals surface area (Å²) in [5.41, 5.74) is 6.29. The molecule has 0 aliphatic carbocycles. The highest BCUT2D eigenvalue weighted by Crippen LogP contribution is 2.27. The third-order valence-corrected chi connectivity index (χ3v) is 3.27. The lowest BCUT2D eigenvalue weighted by atomic mass is 10.1. The first-order valence-corrected chi connectivity index (χ1v) is 6.44. The summed E-state index contributed by atoms with van der Waals surface area (Å²) in [6, 6.07) is 11.2.